The number of ether oxygens (including phenoxy) is 1. The van der Waals surface area contributed by atoms with Crippen molar-refractivity contribution in [3.8, 4) is 0 Å². The molecule has 0 fully saturated rings. The highest BCUT2D eigenvalue weighted by Crippen LogP contribution is 2.22. The average Bonchev–Trinajstić information content (AvgIpc) is 2.29. The highest BCUT2D eigenvalue weighted by atomic mass is 16.5. The highest BCUT2D eigenvalue weighted by molar-refractivity contribution is 5.12. The minimum atomic E-state index is 0.0932. The Morgan fingerprint density at radius 1 is 1.53 bits per heavy atom. The van der Waals surface area contributed by atoms with Crippen LogP contribution in [0, 0.1) is 5.92 Å². The van der Waals surface area contributed by atoms with Gasteiger partial charge in [-0.05, 0) is 24.0 Å². The van der Waals surface area contributed by atoms with Gasteiger partial charge in [-0.15, -0.1) is 0 Å². The normalized spacial score (nSPS) is 14.9. The number of hydrazine groups is 1. The number of aromatic nitrogens is 2. The van der Waals surface area contributed by atoms with Gasteiger partial charge in [0.05, 0.1) is 12.2 Å². The highest BCUT2D eigenvalue weighted by Gasteiger charge is 2.17. The molecule has 5 nitrogen and oxygen atoms in total. The summed E-state index contributed by atoms with van der Waals surface area (Å²) in [5, 5.41) is 7.58. The van der Waals surface area contributed by atoms with Crippen LogP contribution < -0.4 is 11.3 Å². The summed E-state index contributed by atoms with van der Waals surface area (Å²) in [4.78, 5) is 0. The molecule has 0 aliphatic heterocycles. The van der Waals surface area contributed by atoms with Gasteiger partial charge in [0.1, 0.15) is 0 Å². The molecule has 2 atom stereocenters. The molecule has 3 N–H and O–H groups in total. The monoisotopic (exact) mass is 210 g/mol. The molecule has 1 aromatic heterocycles. The first-order chi connectivity index (χ1) is 7.29. The lowest BCUT2D eigenvalue weighted by Gasteiger charge is -2.22. The van der Waals surface area contributed by atoms with E-state index >= 15 is 0 Å². The summed E-state index contributed by atoms with van der Waals surface area (Å²) in [6.07, 6.45) is 4.35. The molecule has 0 radical (unpaired) electrons. The minimum absolute atomic E-state index is 0.0932. The molecule has 2 unspecified atom stereocenters. The smallest absolute Gasteiger partial charge is 0.0544 e. The fourth-order valence-electron chi connectivity index (χ4n) is 1.54. The number of nitrogens with zero attached hydrogens (tertiary/aromatic N) is 2. The average molecular weight is 210 g/mol. The molecule has 0 spiro atoms. The summed E-state index contributed by atoms with van der Waals surface area (Å²) in [5.74, 6) is 5.93. The van der Waals surface area contributed by atoms with Gasteiger partial charge in [0, 0.05) is 19.9 Å². The van der Waals surface area contributed by atoms with E-state index in [-0.39, 0.29) is 6.04 Å². The summed E-state index contributed by atoms with van der Waals surface area (Å²) in [7, 11) is 1.70. The fourth-order valence-corrected chi connectivity index (χ4v) is 1.54. The Bertz CT molecular complexity index is 267. The maximum atomic E-state index is 5.54. The zero-order chi connectivity index (χ0) is 11.1. The molecule has 0 saturated carbocycles. The lowest BCUT2D eigenvalue weighted by Crippen LogP contribution is -2.33. The fraction of sp³-hybridized carbons (Fsp3) is 0.600. The van der Waals surface area contributed by atoms with Crippen molar-refractivity contribution in [3.63, 3.8) is 0 Å². The van der Waals surface area contributed by atoms with Crippen LogP contribution >= 0.6 is 0 Å². The molecule has 0 aliphatic rings. The van der Waals surface area contributed by atoms with E-state index in [0.29, 0.717) is 5.92 Å². The van der Waals surface area contributed by atoms with Crippen LogP contribution in [0.4, 0.5) is 0 Å². The predicted molar refractivity (Wildman–Crippen MR) is 57.8 cm³/mol. The van der Waals surface area contributed by atoms with Gasteiger partial charge in [0.15, 0.2) is 0 Å². The van der Waals surface area contributed by atoms with Gasteiger partial charge in [-0.2, -0.15) is 10.2 Å². The van der Waals surface area contributed by atoms with Crippen LogP contribution in [0.5, 0.6) is 0 Å². The summed E-state index contributed by atoms with van der Waals surface area (Å²) in [6.45, 7) is 2.86. The molecule has 84 valence electrons. The van der Waals surface area contributed by atoms with Crippen molar-refractivity contribution in [3.05, 3.63) is 24.0 Å². The third-order valence-electron chi connectivity index (χ3n) is 2.49. The first kappa shape index (κ1) is 12.0. The lowest BCUT2D eigenvalue weighted by atomic mass is 9.94. The third-order valence-corrected chi connectivity index (χ3v) is 2.49. The number of methoxy groups -OCH3 is 1. The van der Waals surface area contributed by atoms with Crippen LogP contribution in [-0.4, -0.2) is 23.9 Å². The molecule has 0 saturated heterocycles. The van der Waals surface area contributed by atoms with Crippen LogP contribution in [0.2, 0.25) is 0 Å². The van der Waals surface area contributed by atoms with E-state index < -0.39 is 0 Å². The predicted octanol–water partition coefficient (Wildman–Crippen LogP) is 0.654. The number of hydrogen-bond donors (Lipinski definition) is 2. The van der Waals surface area contributed by atoms with Crippen molar-refractivity contribution in [2.24, 2.45) is 11.8 Å². The van der Waals surface area contributed by atoms with Crippen molar-refractivity contribution >= 4 is 0 Å². The van der Waals surface area contributed by atoms with Crippen molar-refractivity contribution in [1.82, 2.24) is 15.6 Å². The van der Waals surface area contributed by atoms with Gasteiger partial charge < -0.3 is 4.74 Å². The van der Waals surface area contributed by atoms with Crippen LogP contribution in [-0.2, 0) is 4.74 Å². The summed E-state index contributed by atoms with van der Waals surface area (Å²) < 4.78 is 5.05. The molecule has 0 amide bonds. The van der Waals surface area contributed by atoms with E-state index in [1.54, 1.807) is 19.5 Å². The second-order valence-corrected chi connectivity index (χ2v) is 3.58. The quantitative estimate of drug-likeness (QED) is 0.533. The molecule has 0 aromatic carbocycles. The molecule has 1 rings (SSSR count). The Balaban J connectivity index is 2.63. The van der Waals surface area contributed by atoms with Gasteiger partial charge in [0.2, 0.25) is 0 Å². The molecular formula is C10H18N4O. The zero-order valence-electron chi connectivity index (χ0n) is 9.18. The summed E-state index contributed by atoms with van der Waals surface area (Å²) >= 11 is 0. The third kappa shape index (κ3) is 3.54. The van der Waals surface area contributed by atoms with Gasteiger partial charge in [0.25, 0.3) is 0 Å². The molecule has 1 heterocycles. The van der Waals surface area contributed by atoms with Gasteiger partial charge in [-0.1, -0.05) is 6.92 Å². The van der Waals surface area contributed by atoms with Crippen molar-refractivity contribution < 1.29 is 4.74 Å². The maximum Gasteiger partial charge on any atom is 0.0544 e. The van der Waals surface area contributed by atoms with Crippen LogP contribution in [0.25, 0.3) is 0 Å². The summed E-state index contributed by atoms with van der Waals surface area (Å²) in [6, 6.07) is 2.01. The number of nitrogens with two attached hydrogens (primary N) is 1. The second kappa shape index (κ2) is 6.44. The van der Waals surface area contributed by atoms with Crippen molar-refractivity contribution in [1.29, 1.82) is 0 Å². The van der Waals surface area contributed by atoms with E-state index in [0.717, 1.165) is 18.6 Å². The topological polar surface area (TPSA) is 73.1 Å². The van der Waals surface area contributed by atoms with E-state index in [1.165, 1.54) is 0 Å². The van der Waals surface area contributed by atoms with Gasteiger partial charge in [-0.3, -0.25) is 11.3 Å². The van der Waals surface area contributed by atoms with Crippen LogP contribution in [0.1, 0.15) is 24.9 Å². The van der Waals surface area contributed by atoms with Crippen molar-refractivity contribution in [2.75, 3.05) is 13.7 Å². The molecule has 15 heavy (non-hydrogen) atoms. The number of nitrogens with one attached hydrogen (secondary N) is 1. The Labute approximate surface area is 90.0 Å². The Kier molecular flexibility index (Phi) is 5.17. The summed E-state index contributed by atoms with van der Waals surface area (Å²) in [5.41, 5.74) is 3.86. The Morgan fingerprint density at radius 3 is 2.87 bits per heavy atom. The Morgan fingerprint density at radius 2 is 2.33 bits per heavy atom. The molecule has 1 aromatic rings. The largest absolute Gasteiger partial charge is 0.385 e. The SMILES string of the molecule is COCCC(C)C(NN)c1ccnnc1. The molecule has 0 aliphatic carbocycles. The van der Waals surface area contributed by atoms with Crippen molar-refractivity contribution in [2.45, 2.75) is 19.4 Å². The first-order valence-electron chi connectivity index (χ1n) is 5.01. The zero-order valence-corrected chi connectivity index (χ0v) is 9.18. The van der Waals surface area contributed by atoms with E-state index in [2.05, 4.69) is 22.5 Å². The molecule has 0 bridgehead atoms. The number of rotatable bonds is 6. The lowest BCUT2D eigenvalue weighted by molar-refractivity contribution is 0.170. The standard InChI is InChI=1S/C10H18N4O/c1-8(4-6-15-2)10(14-11)9-3-5-12-13-7-9/h3,5,7-8,10,14H,4,6,11H2,1-2H3. The van der Waals surface area contributed by atoms with Crippen LogP contribution in [0.3, 0.4) is 0 Å². The van der Waals surface area contributed by atoms with E-state index in [9.17, 15) is 0 Å². The molecule has 5 heteroatoms. The maximum absolute atomic E-state index is 5.54. The Hall–Kier alpha value is -1.04. The van der Waals surface area contributed by atoms with Crippen LogP contribution in [0.15, 0.2) is 18.5 Å². The molecular weight excluding hydrogens is 192 g/mol. The van der Waals surface area contributed by atoms with E-state index in [4.69, 9.17) is 10.6 Å². The van der Waals surface area contributed by atoms with E-state index in [1.807, 2.05) is 6.07 Å². The first-order valence-corrected chi connectivity index (χ1v) is 5.01. The second-order valence-electron chi connectivity index (χ2n) is 3.58. The van der Waals surface area contributed by atoms with Gasteiger partial charge in [-0.25, -0.2) is 0 Å². The minimum Gasteiger partial charge on any atom is -0.385 e. The number of hydrogen-bond acceptors (Lipinski definition) is 5. The van der Waals surface area contributed by atoms with Gasteiger partial charge >= 0.3 is 0 Å².